The molecule has 1 aromatic rings. The molecule has 0 saturated carbocycles. The van der Waals surface area contributed by atoms with Crippen LogP contribution in [0.4, 0.5) is 5.82 Å². The van der Waals surface area contributed by atoms with Crippen LogP contribution in [0.1, 0.15) is 19.2 Å². The van der Waals surface area contributed by atoms with Gasteiger partial charge in [-0.15, -0.1) is 0 Å². The summed E-state index contributed by atoms with van der Waals surface area (Å²) >= 11 is 5.91. The fourth-order valence-electron chi connectivity index (χ4n) is 2.02. The Morgan fingerprint density at radius 2 is 2.25 bits per heavy atom. The number of nitrogens with zero attached hydrogens (tertiary/aromatic N) is 3. The first-order valence-electron chi connectivity index (χ1n) is 5.50. The lowest BCUT2D eigenvalue weighted by Gasteiger charge is -2.35. The van der Waals surface area contributed by atoms with Gasteiger partial charge in [-0.2, -0.15) is 0 Å². The molecule has 1 aromatic heterocycles. The molecule has 2 atom stereocenters. The van der Waals surface area contributed by atoms with E-state index in [-0.39, 0.29) is 12.0 Å². The lowest BCUT2D eigenvalue weighted by Crippen LogP contribution is -2.42. The summed E-state index contributed by atoms with van der Waals surface area (Å²) in [6.07, 6.45) is 0.580. The maximum atomic E-state index is 9.67. The van der Waals surface area contributed by atoms with Gasteiger partial charge in [0.2, 0.25) is 0 Å². The summed E-state index contributed by atoms with van der Waals surface area (Å²) in [6.45, 7) is 5.51. The minimum absolute atomic E-state index is 0.199. The van der Waals surface area contributed by atoms with Gasteiger partial charge in [-0.1, -0.05) is 18.5 Å². The molecule has 2 heterocycles. The average Bonchev–Trinajstić information content (AvgIpc) is 2.20. The number of rotatable bonds is 1. The van der Waals surface area contributed by atoms with Gasteiger partial charge in [0.05, 0.1) is 6.10 Å². The van der Waals surface area contributed by atoms with Crippen LogP contribution >= 0.6 is 11.6 Å². The molecule has 1 saturated heterocycles. The summed E-state index contributed by atoms with van der Waals surface area (Å²) in [5, 5.41) is 10.1. The van der Waals surface area contributed by atoms with Crippen LogP contribution in [-0.4, -0.2) is 34.3 Å². The third kappa shape index (κ3) is 2.44. The molecule has 0 spiro atoms. The number of hydrogen-bond acceptors (Lipinski definition) is 4. The first-order valence-corrected chi connectivity index (χ1v) is 5.88. The van der Waals surface area contributed by atoms with E-state index in [0.717, 1.165) is 25.3 Å². The topological polar surface area (TPSA) is 49.2 Å². The second-order valence-corrected chi connectivity index (χ2v) is 4.76. The van der Waals surface area contributed by atoms with E-state index < -0.39 is 0 Å². The Morgan fingerprint density at radius 3 is 2.88 bits per heavy atom. The Labute approximate surface area is 100 Å². The summed E-state index contributed by atoms with van der Waals surface area (Å²) in [7, 11) is 0. The maximum Gasteiger partial charge on any atom is 0.134 e. The predicted octanol–water partition coefficient (Wildman–Crippen LogP) is 1.65. The van der Waals surface area contributed by atoms with Crippen LogP contribution in [0.15, 0.2) is 6.07 Å². The van der Waals surface area contributed by atoms with Gasteiger partial charge < -0.3 is 10.0 Å². The molecule has 1 aliphatic heterocycles. The first-order chi connectivity index (χ1) is 7.56. The van der Waals surface area contributed by atoms with Crippen LogP contribution in [0.2, 0.25) is 5.15 Å². The van der Waals surface area contributed by atoms with E-state index in [1.807, 2.05) is 13.8 Å². The van der Waals surface area contributed by atoms with Crippen molar-refractivity contribution in [1.82, 2.24) is 9.97 Å². The van der Waals surface area contributed by atoms with E-state index >= 15 is 0 Å². The molecule has 0 unspecified atom stereocenters. The Balaban J connectivity index is 2.18. The third-order valence-electron chi connectivity index (χ3n) is 2.98. The monoisotopic (exact) mass is 241 g/mol. The quantitative estimate of drug-likeness (QED) is 0.760. The van der Waals surface area contributed by atoms with Gasteiger partial charge in [-0.05, 0) is 19.3 Å². The fraction of sp³-hybridized carbons (Fsp3) is 0.636. The standard InChI is InChI=1S/C11H16ClN3O/c1-7-6-15(4-3-9(7)16)11-5-10(12)13-8(2)14-11/h5,7,9,16H,3-4,6H2,1-2H3/t7-,9+/m1/s1. The molecule has 4 nitrogen and oxygen atoms in total. The van der Waals surface area contributed by atoms with Crippen molar-refractivity contribution in [2.75, 3.05) is 18.0 Å². The number of aliphatic hydroxyl groups excluding tert-OH is 1. The zero-order chi connectivity index (χ0) is 11.7. The SMILES string of the molecule is Cc1nc(Cl)cc(N2CC[C@H](O)[C@H](C)C2)n1. The molecular weight excluding hydrogens is 226 g/mol. The van der Waals surface area contributed by atoms with Gasteiger partial charge >= 0.3 is 0 Å². The van der Waals surface area contributed by atoms with Crippen LogP contribution in [0, 0.1) is 12.8 Å². The second kappa shape index (κ2) is 4.55. The second-order valence-electron chi connectivity index (χ2n) is 4.38. The van der Waals surface area contributed by atoms with Gasteiger partial charge in [0.15, 0.2) is 0 Å². The number of aryl methyl sites for hydroxylation is 1. The Bertz CT molecular complexity index is 365. The lowest BCUT2D eigenvalue weighted by atomic mass is 9.97. The van der Waals surface area contributed by atoms with Crippen molar-refractivity contribution in [1.29, 1.82) is 0 Å². The van der Waals surface area contributed by atoms with Crippen molar-refractivity contribution in [3.63, 3.8) is 0 Å². The first kappa shape index (κ1) is 11.6. The highest BCUT2D eigenvalue weighted by molar-refractivity contribution is 6.29. The molecule has 0 aliphatic carbocycles. The molecular formula is C11H16ClN3O. The number of halogens is 1. The highest BCUT2D eigenvalue weighted by atomic mass is 35.5. The molecule has 0 bridgehead atoms. The molecule has 1 aliphatic rings. The molecule has 1 N–H and O–H groups in total. The van der Waals surface area contributed by atoms with Gasteiger partial charge in [0, 0.05) is 19.2 Å². The van der Waals surface area contributed by atoms with Crippen LogP contribution in [0.3, 0.4) is 0 Å². The zero-order valence-corrected chi connectivity index (χ0v) is 10.3. The van der Waals surface area contributed by atoms with Gasteiger partial charge in [0.1, 0.15) is 16.8 Å². The largest absolute Gasteiger partial charge is 0.393 e. The van der Waals surface area contributed by atoms with Gasteiger partial charge in [-0.25, -0.2) is 9.97 Å². The summed E-state index contributed by atoms with van der Waals surface area (Å²) in [5.74, 6) is 1.81. The predicted molar refractivity (Wildman–Crippen MR) is 63.8 cm³/mol. The third-order valence-corrected chi connectivity index (χ3v) is 3.17. The fourth-order valence-corrected chi connectivity index (χ4v) is 2.24. The van der Waals surface area contributed by atoms with E-state index in [1.165, 1.54) is 0 Å². The molecule has 5 heteroatoms. The highest BCUT2D eigenvalue weighted by Gasteiger charge is 2.25. The molecule has 2 rings (SSSR count). The minimum atomic E-state index is -0.199. The lowest BCUT2D eigenvalue weighted by molar-refractivity contribution is 0.0969. The smallest absolute Gasteiger partial charge is 0.134 e. The summed E-state index contributed by atoms with van der Waals surface area (Å²) < 4.78 is 0. The van der Waals surface area contributed by atoms with E-state index in [9.17, 15) is 5.11 Å². The minimum Gasteiger partial charge on any atom is -0.393 e. The van der Waals surface area contributed by atoms with Crippen LogP contribution < -0.4 is 4.90 Å². The Hall–Kier alpha value is -0.870. The molecule has 0 amide bonds. The zero-order valence-electron chi connectivity index (χ0n) is 9.52. The molecule has 1 fully saturated rings. The van der Waals surface area contributed by atoms with Crippen molar-refractivity contribution in [3.05, 3.63) is 17.0 Å². The van der Waals surface area contributed by atoms with Gasteiger partial charge in [0.25, 0.3) is 0 Å². The molecule has 0 aromatic carbocycles. The number of aliphatic hydroxyl groups is 1. The van der Waals surface area contributed by atoms with Crippen molar-refractivity contribution >= 4 is 17.4 Å². The summed E-state index contributed by atoms with van der Waals surface area (Å²) in [4.78, 5) is 10.6. The molecule has 88 valence electrons. The molecule has 0 radical (unpaired) electrons. The number of hydrogen-bond donors (Lipinski definition) is 1. The number of anilines is 1. The maximum absolute atomic E-state index is 9.67. The normalized spacial score (nSPS) is 25.9. The van der Waals surface area contributed by atoms with E-state index in [1.54, 1.807) is 6.07 Å². The number of piperidine rings is 1. The van der Waals surface area contributed by atoms with Crippen LogP contribution in [0.5, 0.6) is 0 Å². The highest BCUT2D eigenvalue weighted by Crippen LogP contribution is 2.23. The van der Waals surface area contributed by atoms with Crippen molar-refractivity contribution in [2.24, 2.45) is 5.92 Å². The Morgan fingerprint density at radius 1 is 1.50 bits per heavy atom. The van der Waals surface area contributed by atoms with Crippen molar-refractivity contribution in [3.8, 4) is 0 Å². The average molecular weight is 242 g/mol. The van der Waals surface area contributed by atoms with Crippen molar-refractivity contribution in [2.45, 2.75) is 26.4 Å². The van der Waals surface area contributed by atoms with Crippen molar-refractivity contribution < 1.29 is 5.11 Å². The van der Waals surface area contributed by atoms with Gasteiger partial charge in [-0.3, -0.25) is 0 Å². The Kier molecular flexibility index (Phi) is 3.30. The van der Waals surface area contributed by atoms with Crippen LogP contribution in [0.25, 0.3) is 0 Å². The van der Waals surface area contributed by atoms with E-state index in [0.29, 0.717) is 11.0 Å². The molecule has 16 heavy (non-hydrogen) atoms. The van der Waals surface area contributed by atoms with E-state index in [2.05, 4.69) is 14.9 Å². The number of aromatic nitrogens is 2. The summed E-state index contributed by atoms with van der Waals surface area (Å²) in [5.41, 5.74) is 0. The van der Waals surface area contributed by atoms with Crippen LogP contribution in [-0.2, 0) is 0 Å². The van der Waals surface area contributed by atoms with E-state index in [4.69, 9.17) is 11.6 Å². The summed E-state index contributed by atoms with van der Waals surface area (Å²) in [6, 6.07) is 1.78.